The van der Waals surface area contributed by atoms with Gasteiger partial charge in [0.25, 0.3) is 5.56 Å². The summed E-state index contributed by atoms with van der Waals surface area (Å²) >= 11 is 0. The number of pyridine rings is 1. The summed E-state index contributed by atoms with van der Waals surface area (Å²) in [6.07, 6.45) is 0. The highest BCUT2D eigenvalue weighted by Crippen LogP contribution is 2.26. The lowest BCUT2D eigenvalue weighted by molar-refractivity contribution is 0.353. The molecule has 4 heteroatoms. The molecule has 4 nitrogen and oxygen atoms in total. The van der Waals surface area contributed by atoms with E-state index in [1.165, 1.54) is 0 Å². The van der Waals surface area contributed by atoms with Gasteiger partial charge in [-0.25, -0.2) is 0 Å². The molecule has 1 aromatic carbocycles. The van der Waals surface area contributed by atoms with Crippen molar-refractivity contribution in [3.8, 4) is 6.07 Å². The third-order valence-electron chi connectivity index (χ3n) is 3.24. The van der Waals surface area contributed by atoms with Crippen LogP contribution >= 0.6 is 0 Å². The number of nitrogens with zero attached hydrogens (tertiary/aromatic N) is 2. The fourth-order valence-corrected chi connectivity index (χ4v) is 2.46. The van der Waals surface area contributed by atoms with Gasteiger partial charge in [0, 0.05) is 24.0 Å². The maximum absolute atomic E-state index is 11.9. The smallest absolute Gasteiger partial charge is 0.253 e. The Morgan fingerprint density at radius 2 is 2.12 bits per heavy atom. The second-order valence-corrected chi connectivity index (χ2v) is 4.42. The van der Waals surface area contributed by atoms with Crippen LogP contribution in [0.15, 0.2) is 23.0 Å². The first-order valence-corrected chi connectivity index (χ1v) is 5.46. The topological polar surface area (TPSA) is 59.9 Å². The van der Waals surface area contributed by atoms with Crippen LogP contribution in [0.25, 0.3) is 10.9 Å². The Morgan fingerprint density at radius 1 is 1.35 bits per heavy atom. The van der Waals surface area contributed by atoms with E-state index in [1.54, 1.807) is 6.07 Å². The Morgan fingerprint density at radius 3 is 2.88 bits per heavy atom. The van der Waals surface area contributed by atoms with Crippen molar-refractivity contribution in [1.29, 1.82) is 5.26 Å². The summed E-state index contributed by atoms with van der Waals surface area (Å²) in [4.78, 5) is 16.9. The molecule has 0 bridgehead atoms. The van der Waals surface area contributed by atoms with Gasteiger partial charge in [-0.1, -0.05) is 12.1 Å². The molecular weight excluding hydrogens is 214 g/mol. The number of H-pyrrole nitrogens is 1. The average molecular weight is 225 g/mol. The molecule has 2 aromatic rings. The van der Waals surface area contributed by atoms with Crippen molar-refractivity contribution in [3.05, 3.63) is 45.2 Å². The molecule has 0 fully saturated rings. The van der Waals surface area contributed by atoms with Crippen LogP contribution in [0.2, 0.25) is 0 Å². The third kappa shape index (κ3) is 1.37. The van der Waals surface area contributed by atoms with Crippen LogP contribution in [0.1, 0.15) is 16.7 Å². The number of nitriles is 1. The molecular formula is C13H11N3O. The predicted molar refractivity (Wildman–Crippen MR) is 64.5 cm³/mol. The van der Waals surface area contributed by atoms with Crippen molar-refractivity contribution < 1.29 is 0 Å². The number of hydrogen-bond donors (Lipinski definition) is 1. The lowest BCUT2D eigenvalue weighted by Crippen LogP contribution is -2.14. The number of para-hydroxylation sites is 1. The highest BCUT2D eigenvalue weighted by atomic mass is 16.1. The normalized spacial score (nSPS) is 14.8. The Hall–Kier alpha value is -2.12. The molecule has 17 heavy (non-hydrogen) atoms. The quantitative estimate of drug-likeness (QED) is 0.736. The Bertz CT molecular complexity index is 709. The summed E-state index contributed by atoms with van der Waals surface area (Å²) in [5.41, 5.74) is 3.00. The molecule has 0 aliphatic carbocycles. The molecule has 2 heterocycles. The van der Waals surface area contributed by atoms with Gasteiger partial charge in [0.15, 0.2) is 0 Å². The van der Waals surface area contributed by atoms with Crippen molar-refractivity contribution in [1.82, 2.24) is 9.88 Å². The zero-order valence-corrected chi connectivity index (χ0v) is 9.45. The van der Waals surface area contributed by atoms with E-state index in [0.29, 0.717) is 17.6 Å². The second kappa shape index (κ2) is 3.44. The lowest BCUT2D eigenvalue weighted by Gasteiger charge is -2.05. The van der Waals surface area contributed by atoms with Gasteiger partial charge >= 0.3 is 0 Å². The highest BCUT2D eigenvalue weighted by molar-refractivity contribution is 5.87. The lowest BCUT2D eigenvalue weighted by atomic mass is 10.0. The minimum atomic E-state index is -0.0699. The first-order valence-electron chi connectivity index (χ1n) is 5.46. The zero-order chi connectivity index (χ0) is 12.0. The van der Waals surface area contributed by atoms with E-state index in [1.807, 2.05) is 19.2 Å². The predicted octanol–water partition coefficient (Wildman–Crippen LogP) is 1.35. The molecule has 0 amide bonds. The minimum absolute atomic E-state index is 0.0699. The summed E-state index contributed by atoms with van der Waals surface area (Å²) in [6, 6.07) is 7.66. The molecule has 0 radical (unpaired) electrons. The van der Waals surface area contributed by atoms with Gasteiger partial charge in [-0.15, -0.1) is 0 Å². The van der Waals surface area contributed by atoms with E-state index in [2.05, 4.69) is 16.0 Å². The molecule has 0 unspecified atom stereocenters. The van der Waals surface area contributed by atoms with E-state index in [4.69, 9.17) is 5.26 Å². The molecule has 84 valence electrons. The monoisotopic (exact) mass is 225 g/mol. The molecule has 3 rings (SSSR count). The van der Waals surface area contributed by atoms with Crippen LogP contribution in [0.5, 0.6) is 0 Å². The van der Waals surface area contributed by atoms with Crippen LogP contribution in [-0.2, 0) is 13.1 Å². The minimum Gasteiger partial charge on any atom is -0.320 e. The van der Waals surface area contributed by atoms with E-state index in [9.17, 15) is 4.79 Å². The van der Waals surface area contributed by atoms with Gasteiger partial charge in [-0.3, -0.25) is 9.69 Å². The number of fused-ring (bicyclic) bond motifs is 3. The average Bonchev–Trinajstić information content (AvgIpc) is 2.71. The maximum atomic E-state index is 11.9. The van der Waals surface area contributed by atoms with Gasteiger partial charge in [0.2, 0.25) is 0 Å². The summed E-state index contributed by atoms with van der Waals surface area (Å²) in [5, 5.41) is 10.0. The Balaban J connectivity index is 2.46. The highest BCUT2D eigenvalue weighted by Gasteiger charge is 2.22. The molecule has 1 aliphatic rings. The van der Waals surface area contributed by atoms with Crippen LogP contribution < -0.4 is 5.56 Å². The summed E-state index contributed by atoms with van der Waals surface area (Å²) in [7, 11) is 1.99. The van der Waals surface area contributed by atoms with Gasteiger partial charge in [0.1, 0.15) is 6.07 Å². The van der Waals surface area contributed by atoms with Crippen molar-refractivity contribution in [2.75, 3.05) is 7.05 Å². The number of aromatic amines is 1. The van der Waals surface area contributed by atoms with Crippen molar-refractivity contribution in [2.24, 2.45) is 0 Å². The van der Waals surface area contributed by atoms with E-state index >= 15 is 0 Å². The fourth-order valence-electron chi connectivity index (χ4n) is 2.46. The standard InChI is InChI=1S/C13H11N3O/c1-16-6-10-9-4-2-3-8(5-14)12(9)15-13(17)11(10)7-16/h2-4H,6-7H2,1H3,(H,15,17). The first-order chi connectivity index (χ1) is 8.20. The number of benzene rings is 1. The number of nitrogens with one attached hydrogen (secondary N) is 1. The van der Waals surface area contributed by atoms with Crippen molar-refractivity contribution >= 4 is 10.9 Å². The molecule has 0 saturated heterocycles. The zero-order valence-electron chi connectivity index (χ0n) is 9.45. The molecule has 0 saturated carbocycles. The fraction of sp³-hybridized carbons (Fsp3) is 0.231. The number of hydrogen-bond acceptors (Lipinski definition) is 3. The van der Waals surface area contributed by atoms with E-state index in [0.717, 1.165) is 23.1 Å². The Labute approximate surface area is 98.1 Å². The van der Waals surface area contributed by atoms with E-state index in [-0.39, 0.29) is 5.56 Å². The summed E-state index contributed by atoms with van der Waals surface area (Å²) < 4.78 is 0. The largest absolute Gasteiger partial charge is 0.320 e. The van der Waals surface area contributed by atoms with Crippen LogP contribution in [0, 0.1) is 11.3 Å². The van der Waals surface area contributed by atoms with Crippen LogP contribution in [-0.4, -0.2) is 16.9 Å². The van der Waals surface area contributed by atoms with Crippen LogP contribution in [0.4, 0.5) is 0 Å². The first kappa shape index (κ1) is 10.1. The summed E-state index contributed by atoms with van der Waals surface area (Å²) in [5.74, 6) is 0. The molecule has 1 N–H and O–H groups in total. The third-order valence-corrected chi connectivity index (χ3v) is 3.24. The van der Waals surface area contributed by atoms with Crippen molar-refractivity contribution in [2.45, 2.75) is 13.1 Å². The second-order valence-electron chi connectivity index (χ2n) is 4.42. The van der Waals surface area contributed by atoms with E-state index < -0.39 is 0 Å². The van der Waals surface area contributed by atoms with Crippen LogP contribution in [0.3, 0.4) is 0 Å². The van der Waals surface area contributed by atoms with Gasteiger partial charge < -0.3 is 4.98 Å². The molecule has 1 aliphatic heterocycles. The number of aromatic nitrogens is 1. The summed E-state index contributed by atoms with van der Waals surface area (Å²) in [6.45, 7) is 1.45. The van der Waals surface area contributed by atoms with Gasteiger partial charge in [-0.2, -0.15) is 5.26 Å². The molecule has 1 aromatic heterocycles. The van der Waals surface area contributed by atoms with Gasteiger partial charge in [0.05, 0.1) is 11.1 Å². The SMILES string of the molecule is CN1Cc2c(c3cccc(C#N)c3[nH]c2=O)C1. The molecule has 0 spiro atoms. The number of rotatable bonds is 0. The Kier molecular flexibility index (Phi) is 2.03. The maximum Gasteiger partial charge on any atom is 0.253 e. The van der Waals surface area contributed by atoms with Crippen molar-refractivity contribution in [3.63, 3.8) is 0 Å². The van der Waals surface area contributed by atoms with Gasteiger partial charge in [-0.05, 0) is 18.7 Å². The molecule has 0 atom stereocenters.